The molecule has 3 unspecified atom stereocenters. The Kier molecular flexibility index (Phi) is 15.4. The Bertz CT molecular complexity index is 1040. The van der Waals surface area contributed by atoms with Gasteiger partial charge in [0.05, 0.1) is 0 Å². The SMILES string of the molecule is CCC(C)CC(=O)O[C@@H](C)[C@H](C)OC(=O)[C@@H](N)Cc1ccc(OC(=O)OC(C)C(C)C)c(OC(=O)OC(C)C(C)C)c1. The molecule has 0 radical (unpaired) electrons. The first kappa shape index (κ1) is 36.7. The van der Waals surface area contributed by atoms with E-state index in [2.05, 4.69) is 0 Å². The maximum atomic E-state index is 12.7. The van der Waals surface area contributed by atoms with Crippen molar-refractivity contribution in [2.75, 3.05) is 0 Å². The largest absolute Gasteiger partial charge is 0.514 e. The fourth-order valence-electron chi connectivity index (χ4n) is 3.13. The van der Waals surface area contributed by atoms with E-state index in [1.807, 2.05) is 41.5 Å². The lowest BCUT2D eigenvalue weighted by Gasteiger charge is -2.23. The van der Waals surface area contributed by atoms with Crippen LogP contribution in [0.3, 0.4) is 0 Å². The minimum atomic E-state index is -1.08. The summed E-state index contributed by atoms with van der Waals surface area (Å²) in [7, 11) is 0. The zero-order valence-electron chi connectivity index (χ0n) is 26.6. The van der Waals surface area contributed by atoms with Crippen molar-refractivity contribution in [2.24, 2.45) is 23.5 Å². The van der Waals surface area contributed by atoms with Crippen LogP contribution >= 0.6 is 0 Å². The number of carbonyl (C=O) groups is 4. The third kappa shape index (κ3) is 13.1. The van der Waals surface area contributed by atoms with Gasteiger partial charge in [-0.1, -0.05) is 54.0 Å². The molecule has 11 nitrogen and oxygen atoms in total. The number of hydrogen-bond donors (Lipinski definition) is 1. The molecular weight excluding hydrogens is 546 g/mol. The quantitative estimate of drug-likeness (QED) is 0.145. The normalized spacial score (nSPS) is 15.5. The van der Waals surface area contributed by atoms with Crippen LogP contribution in [-0.2, 0) is 35.0 Å². The Morgan fingerprint density at radius 1 is 0.690 bits per heavy atom. The zero-order chi connectivity index (χ0) is 32.1. The van der Waals surface area contributed by atoms with Gasteiger partial charge in [-0.2, -0.15) is 0 Å². The van der Waals surface area contributed by atoms with Crippen LogP contribution in [0.4, 0.5) is 9.59 Å². The summed E-state index contributed by atoms with van der Waals surface area (Å²) in [5.41, 5.74) is 6.61. The molecule has 0 aliphatic heterocycles. The Hall–Kier alpha value is -3.34. The predicted octanol–water partition coefficient (Wildman–Crippen LogP) is 5.98. The number of nitrogens with two attached hydrogens (primary N) is 1. The van der Waals surface area contributed by atoms with E-state index in [1.54, 1.807) is 33.8 Å². The molecule has 0 fully saturated rings. The smallest absolute Gasteiger partial charge is 0.459 e. The van der Waals surface area contributed by atoms with Crippen LogP contribution in [0.25, 0.3) is 0 Å². The molecule has 1 rings (SSSR count). The molecule has 0 aromatic heterocycles. The van der Waals surface area contributed by atoms with Gasteiger partial charge in [0, 0.05) is 6.42 Å². The number of benzene rings is 1. The Labute approximate surface area is 249 Å². The third-order valence-electron chi connectivity index (χ3n) is 7.09. The molecule has 0 aliphatic rings. The average molecular weight is 596 g/mol. The number of ether oxygens (including phenoxy) is 6. The van der Waals surface area contributed by atoms with Crippen molar-refractivity contribution in [3.63, 3.8) is 0 Å². The Balaban J connectivity index is 2.98. The summed E-state index contributed by atoms with van der Waals surface area (Å²) in [5, 5.41) is 0. The number of carbonyl (C=O) groups excluding carboxylic acids is 4. The van der Waals surface area contributed by atoms with Gasteiger partial charge in [0.25, 0.3) is 0 Å². The highest BCUT2D eigenvalue weighted by Gasteiger charge is 2.26. The molecule has 0 saturated heterocycles. The van der Waals surface area contributed by atoms with Crippen LogP contribution in [0.2, 0.25) is 0 Å². The van der Waals surface area contributed by atoms with Crippen LogP contribution in [0.15, 0.2) is 18.2 Å². The van der Waals surface area contributed by atoms with Gasteiger partial charge in [-0.05, 0) is 69.6 Å². The first-order chi connectivity index (χ1) is 19.5. The first-order valence-corrected chi connectivity index (χ1v) is 14.6. The number of rotatable bonds is 15. The van der Waals surface area contributed by atoms with Crippen molar-refractivity contribution >= 4 is 24.2 Å². The number of esters is 2. The van der Waals surface area contributed by atoms with Crippen molar-refractivity contribution in [3.05, 3.63) is 23.8 Å². The lowest BCUT2D eigenvalue weighted by Crippen LogP contribution is -2.39. The van der Waals surface area contributed by atoms with Crippen LogP contribution in [0.1, 0.15) is 87.6 Å². The van der Waals surface area contributed by atoms with E-state index in [9.17, 15) is 19.2 Å². The molecule has 11 heteroatoms. The van der Waals surface area contributed by atoms with E-state index in [4.69, 9.17) is 34.2 Å². The van der Waals surface area contributed by atoms with E-state index in [0.29, 0.717) is 5.56 Å². The predicted molar refractivity (Wildman–Crippen MR) is 156 cm³/mol. The highest BCUT2D eigenvalue weighted by Crippen LogP contribution is 2.30. The molecule has 0 bridgehead atoms. The standard InChI is InChI=1S/C31H49NO10/c1-11-19(6)14-28(33)37-22(9)23(10)38-29(34)25(32)15-24-12-13-26(41-30(35)39-20(7)17(2)3)27(16-24)42-31(36)40-21(8)18(4)5/h12-13,16-23,25H,11,14-15,32H2,1-10H3/t19?,20?,21?,22-,23-,25-/m0/s1. The van der Waals surface area contributed by atoms with Gasteiger partial charge in [0.1, 0.15) is 30.5 Å². The van der Waals surface area contributed by atoms with Crippen molar-refractivity contribution in [1.82, 2.24) is 0 Å². The van der Waals surface area contributed by atoms with E-state index in [0.717, 1.165) is 6.42 Å². The maximum absolute atomic E-state index is 12.7. The van der Waals surface area contributed by atoms with Gasteiger partial charge in [0.2, 0.25) is 0 Å². The van der Waals surface area contributed by atoms with Crippen molar-refractivity contribution in [1.29, 1.82) is 0 Å². The number of hydrogen-bond acceptors (Lipinski definition) is 11. The van der Waals surface area contributed by atoms with Crippen molar-refractivity contribution < 1.29 is 47.6 Å². The minimum absolute atomic E-state index is 0.0106. The topological polar surface area (TPSA) is 150 Å². The molecule has 238 valence electrons. The monoisotopic (exact) mass is 595 g/mol. The summed E-state index contributed by atoms with van der Waals surface area (Å²) in [6.07, 6.45) is -3.03. The van der Waals surface area contributed by atoms with Crippen LogP contribution in [0, 0.1) is 17.8 Å². The van der Waals surface area contributed by atoms with Gasteiger partial charge >= 0.3 is 24.2 Å². The molecule has 1 aromatic carbocycles. The summed E-state index contributed by atoms with van der Waals surface area (Å²) < 4.78 is 32.1. The third-order valence-corrected chi connectivity index (χ3v) is 7.09. The van der Waals surface area contributed by atoms with Crippen molar-refractivity contribution in [2.45, 2.75) is 119 Å². The van der Waals surface area contributed by atoms with Gasteiger partial charge in [-0.3, -0.25) is 9.59 Å². The molecule has 0 amide bonds. The van der Waals surface area contributed by atoms with Crippen LogP contribution in [0.5, 0.6) is 11.5 Å². The molecule has 42 heavy (non-hydrogen) atoms. The molecular formula is C31H49NO10. The molecule has 0 heterocycles. The molecule has 2 N–H and O–H groups in total. The van der Waals surface area contributed by atoms with E-state index < -0.39 is 48.7 Å². The molecule has 0 spiro atoms. The molecule has 1 aromatic rings. The highest BCUT2D eigenvalue weighted by atomic mass is 16.8. The second-order valence-electron chi connectivity index (χ2n) is 11.5. The highest BCUT2D eigenvalue weighted by molar-refractivity contribution is 5.76. The van der Waals surface area contributed by atoms with Crippen LogP contribution in [-0.4, -0.2) is 54.7 Å². The van der Waals surface area contributed by atoms with Gasteiger partial charge < -0.3 is 34.2 Å². The van der Waals surface area contributed by atoms with Gasteiger partial charge in [0.15, 0.2) is 11.5 Å². The summed E-state index contributed by atoms with van der Waals surface area (Å²) in [5.74, 6) is -0.952. The second-order valence-corrected chi connectivity index (χ2v) is 11.5. The first-order valence-electron chi connectivity index (χ1n) is 14.6. The zero-order valence-corrected chi connectivity index (χ0v) is 26.6. The molecule has 0 saturated carbocycles. The minimum Gasteiger partial charge on any atom is -0.459 e. The van der Waals surface area contributed by atoms with E-state index in [-0.39, 0.29) is 48.1 Å². The summed E-state index contributed by atoms with van der Waals surface area (Å²) in [4.78, 5) is 49.6. The molecule has 6 atom stereocenters. The molecule has 0 aliphatic carbocycles. The fraction of sp³-hybridized carbons (Fsp3) is 0.677. The Morgan fingerprint density at radius 2 is 1.19 bits per heavy atom. The average Bonchev–Trinajstić information content (AvgIpc) is 2.89. The summed E-state index contributed by atoms with van der Waals surface area (Å²) in [6.45, 7) is 18.2. The van der Waals surface area contributed by atoms with Gasteiger partial charge in [-0.25, -0.2) is 9.59 Å². The second kappa shape index (κ2) is 17.6. The fourth-order valence-corrected chi connectivity index (χ4v) is 3.13. The van der Waals surface area contributed by atoms with Crippen LogP contribution < -0.4 is 15.2 Å². The summed E-state index contributed by atoms with van der Waals surface area (Å²) in [6, 6.07) is 3.31. The lowest BCUT2D eigenvalue weighted by molar-refractivity contribution is -0.166. The lowest BCUT2D eigenvalue weighted by atomic mass is 10.1. The van der Waals surface area contributed by atoms with Gasteiger partial charge in [-0.15, -0.1) is 0 Å². The van der Waals surface area contributed by atoms with E-state index >= 15 is 0 Å². The van der Waals surface area contributed by atoms with Crippen molar-refractivity contribution in [3.8, 4) is 11.5 Å². The van der Waals surface area contributed by atoms with E-state index in [1.165, 1.54) is 12.1 Å². The Morgan fingerprint density at radius 3 is 1.69 bits per heavy atom. The maximum Gasteiger partial charge on any atom is 0.514 e. The summed E-state index contributed by atoms with van der Waals surface area (Å²) >= 11 is 0.